The van der Waals surface area contributed by atoms with Crippen molar-refractivity contribution in [3.63, 3.8) is 0 Å². The Morgan fingerprint density at radius 2 is 1.74 bits per heavy atom. The molecule has 1 amide bonds. The van der Waals surface area contributed by atoms with Gasteiger partial charge in [0.2, 0.25) is 0 Å². The van der Waals surface area contributed by atoms with Gasteiger partial charge in [0, 0.05) is 0 Å². The summed E-state index contributed by atoms with van der Waals surface area (Å²) >= 11 is 12.3. The number of methoxy groups -OCH3 is 1. The second-order valence-electron chi connectivity index (χ2n) is 6.71. The summed E-state index contributed by atoms with van der Waals surface area (Å²) in [5.41, 5.74) is 0.859. The molecule has 0 atom stereocenters. The van der Waals surface area contributed by atoms with Gasteiger partial charge in [-0.2, -0.15) is 4.68 Å². The zero-order chi connectivity index (χ0) is 22.1. The van der Waals surface area contributed by atoms with Gasteiger partial charge in [0.25, 0.3) is 5.56 Å². The first-order valence-corrected chi connectivity index (χ1v) is 9.94. The summed E-state index contributed by atoms with van der Waals surface area (Å²) in [5.74, 6) is 0.0968. The molecule has 0 aliphatic heterocycles. The van der Waals surface area contributed by atoms with E-state index in [1.807, 2.05) is 0 Å². The molecule has 0 saturated carbocycles. The first-order valence-electron chi connectivity index (χ1n) is 9.18. The highest BCUT2D eigenvalue weighted by atomic mass is 35.5. The number of aromatic nitrogens is 2. The van der Waals surface area contributed by atoms with Crippen LogP contribution >= 0.6 is 23.2 Å². The lowest BCUT2D eigenvalue weighted by Gasteiger charge is -2.14. The van der Waals surface area contributed by atoms with E-state index in [9.17, 15) is 14.0 Å². The average Bonchev–Trinajstić information content (AvgIpc) is 3.03. The van der Waals surface area contributed by atoms with Crippen LogP contribution in [0.5, 0.6) is 5.75 Å². The number of nitrogens with zero attached hydrogens (tertiary/aromatic N) is 2. The van der Waals surface area contributed by atoms with E-state index in [-0.39, 0.29) is 28.1 Å². The van der Waals surface area contributed by atoms with Crippen molar-refractivity contribution in [2.75, 3.05) is 12.4 Å². The van der Waals surface area contributed by atoms with Crippen LogP contribution in [0.2, 0.25) is 10.0 Å². The smallest absolute Gasteiger partial charge is 0.348 e. The minimum absolute atomic E-state index is 0.148. The Kier molecular flexibility index (Phi) is 5.71. The first-order chi connectivity index (χ1) is 14.9. The van der Waals surface area contributed by atoms with Gasteiger partial charge in [0.05, 0.1) is 40.3 Å². The first kappa shape index (κ1) is 21.0. The van der Waals surface area contributed by atoms with Crippen LogP contribution in [-0.4, -0.2) is 22.5 Å². The number of carbonyl (C=O) groups excluding carboxylic acids is 1. The lowest BCUT2D eigenvalue weighted by Crippen LogP contribution is -2.34. The fourth-order valence-electron chi connectivity index (χ4n) is 3.27. The molecule has 6 nitrogen and oxygen atoms in total. The summed E-state index contributed by atoms with van der Waals surface area (Å²) in [7, 11) is 1.49. The predicted octanol–water partition coefficient (Wildman–Crippen LogP) is 5.39. The SMILES string of the molecule is COc1ccc2c(c1)c(=O)n(C(=O)Nc1c(Cl)cccc1Cl)n2Cc1ccc(F)cc1. The van der Waals surface area contributed by atoms with Gasteiger partial charge in [-0.1, -0.05) is 41.4 Å². The Labute approximate surface area is 186 Å². The van der Waals surface area contributed by atoms with Crippen LogP contribution in [0.4, 0.5) is 14.9 Å². The molecule has 4 rings (SSSR count). The third-order valence-electron chi connectivity index (χ3n) is 4.78. The zero-order valence-corrected chi connectivity index (χ0v) is 17.7. The molecular formula is C22H16Cl2FN3O3. The quantitative estimate of drug-likeness (QED) is 0.445. The zero-order valence-electron chi connectivity index (χ0n) is 16.2. The van der Waals surface area contributed by atoms with Crippen LogP contribution < -0.4 is 15.6 Å². The van der Waals surface area contributed by atoms with Gasteiger partial charge in [-0.25, -0.2) is 9.18 Å². The molecule has 1 N–H and O–H groups in total. The molecule has 1 aromatic heterocycles. The second-order valence-corrected chi connectivity index (χ2v) is 7.53. The number of halogens is 3. The van der Waals surface area contributed by atoms with Gasteiger partial charge in [0.1, 0.15) is 11.6 Å². The minimum atomic E-state index is -0.739. The van der Waals surface area contributed by atoms with E-state index in [0.717, 1.165) is 4.68 Å². The van der Waals surface area contributed by atoms with E-state index in [2.05, 4.69) is 5.32 Å². The molecule has 4 aromatic rings. The fraction of sp³-hybridized carbons (Fsp3) is 0.0909. The third-order valence-corrected chi connectivity index (χ3v) is 5.41. The molecule has 1 heterocycles. The Balaban J connectivity index is 1.86. The number of fused-ring (bicyclic) bond motifs is 1. The Morgan fingerprint density at radius 3 is 2.39 bits per heavy atom. The molecule has 31 heavy (non-hydrogen) atoms. The largest absolute Gasteiger partial charge is 0.497 e. The summed E-state index contributed by atoms with van der Waals surface area (Å²) in [6, 6.07) is 14.8. The molecule has 3 aromatic carbocycles. The standard InChI is InChI=1S/C22H16Cl2FN3O3/c1-31-15-9-10-19-16(11-15)21(29)28(27(19)12-13-5-7-14(25)8-6-13)22(30)26-20-17(23)3-2-4-18(20)24/h2-11H,12H2,1H3,(H,26,30). The molecule has 0 bridgehead atoms. The molecule has 0 aliphatic rings. The van der Waals surface area contributed by atoms with E-state index in [0.29, 0.717) is 22.2 Å². The van der Waals surface area contributed by atoms with Crippen LogP contribution in [0.1, 0.15) is 5.56 Å². The second kappa shape index (κ2) is 8.45. The monoisotopic (exact) mass is 459 g/mol. The van der Waals surface area contributed by atoms with Gasteiger partial charge < -0.3 is 10.1 Å². The number of hydrogen-bond acceptors (Lipinski definition) is 3. The van der Waals surface area contributed by atoms with Crippen molar-refractivity contribution in [1.29, 1.82) is 0 Å². The predicted molar refractivity (Wildman–Crippen MR) is 119 cm³/mol. The van der Waals surface area contributed by atoms with Crippen LogP contribution in [-0.2, 0) is 6.54 Å². The summed E-state index contributed by atoms with van der Waals surface area (Å²) in [6.45, 7) is 0.148. The average molecular weight is 460 g/mol. The van der Waals surface area contributed by atoms with Gasteiger partial charge in [-0.15, -0.1) is 0 Å². The summed E-state index contributed by atoms with van der Waals surface area (Å²) in [4.78, 5) is 26.3. The fourth-order valence-corrected chi connectivity index (χ4v) is 3.76. The highest BCUT2D eigenvalue weighted by Crippen LogP contribution is 2.30. The van der Waals surface area contributed by atoms with E-state index in [1.165, 1.54) is 23.9 Å². The minimum Gasteiger partial charge on any atom is -0.497 e. The maximum Gasteiger partial charge on any atom is 0.348 e. The van der Waals surface area contributed by atoms with Crippen molar-refractivity contribution in [2.45, 2.75) is 6.54 Å². The van der Waals surface area contributed by atoms with Crippen molar-refractivity contribution in [2.24, 2.45) is 0 Å². The lowest BCUT2D eigenvalue weighted by molar-refractivity contribution is 0.247. The number of benzene rings is 3. The highest BCUT2D eigenvalue weighted by Gasteiger charge is 2.21. The molecule has 0 fully saturated rings. The topological polar surface area (TPSA) is 65.3 Å². The van der Waals surface area contributed by atoms with Crippen LogP contribution in [0, 0.1) is 5.82 Å². The molecule has 0 saturated heterocycles. The summed E-state index contributed by atoms with van der Waals surface area (Å²) in [6.07, 6.45) is 0. The summed E-state index contributed by atoms with van der Waals surface area (Å²) < 4.78 is 21.0. The van der Waals surface area contributed by atoms with Crippen molar-refractivity contribution in [3.05, 3.63) is 92.4 Å². The number of rotatable bonds is 4. The molecule has 0 aliphatic carbocycles. The lowest BCUT2D eigenvalue weighted by atomic mass is 10.2. The van der Waals surface area contributed by atoms with Crippen molar-refractivity contribution in [3.8, 4) is 5.75 Å². The number of amides is 1. The molecule has 0 unspecified atom stereocenters. The third kappa shape index (κ3) is 4.02. The number of nitrogens with one attached hydrogen (secondary N) is 1. The van der Waals surface area contributed by atoms with Gasteiger partial charge in [-0.05, 0) is 48.0 Å². The molecular weight excluding hydrogens is 444 g/mol. The number of anilines is 1. The van der Waals surface area contributed by atoms with Crippen molar-refractivity contribution < 1.29 is 13.9 Å². The van der Waals surface area contributed by atoms with Crippen LogP contribution in [0.3, 0.4) is 0 Å². The van der Waals surface area contributed by atoms with E-state index < -0.39 is 11.6 Å². The summed E-state index contributed by atoms with van der Waals surface area (Å²) in [5, 5.41) is 3.37. The van der Waals surface area contributed by atoms with E-state index in [1.54, 1.807) is 48.5 Å². The number of hydrogen-bond donors (Lipinski definition) is 1. The van der Waals surface area contributed by atoms with Gasteiger partial charge in [0.15, 0.2) is 0 Å². The van der Waals surface area contributed by atoms with Gasteiger partial charge in [-0.3, -0.25) is 9.48 Å². The van der Waals surface area contributed by atoms with Gasteiger partial charge >= 0.3 is 6.03 Å². The van der Waals surface area contributed by atoms with Crippen molar-refractivity contribution >= 4 is 45.8 Å². The normalized spacial score (nSPS) is 11.0. The van der Waals surface area contributed by atoms with E-state index in [4.69, 9.17) is 27.9 Å². The molecule has 0 radical (unpaired) electrons. The number of para-hydroxylation sites is 1. The number of carbonyl (C=O) groups is 1. The van der Waals surface area contributed by atoms with E-state index >= 15 is 0 Å². The highest BCUT2D eigenvalue weighted by molar-refractivity contribution is 6.39. The maximum absolute atomic E-state index is 13.3. The molecule has 158 valence electrons. The van der Waals surface area contributed by atoms with Crippen molar-refractivity contribution in [1.82, 2.24) is 9.36 Å². The Hall–Kier alpha value is -3.29. The van der Waals surface area contributed by atoms with Crippen LogP contribution in [0.15, 0.2) is 65.5 Å². The maximum atomic E-state index is 13.3. The number of ether oxygens (including phenoxy) is 1. The molecule has 0 spiro atoms. The van der Waals surface area contributed by atoms with Crippen LogP contribution in [0.25, 0.3) is 10.9 Å². The Bertz CT molecular complexity index is 1330. The Morgan fingerprint density at radius 1 is 1.06 bits per heavy atom. The molecule has 9 heteroatoms.